The lowest BCUT2D eigenvalue weighted by Gasteiger charge is -2.09. The van der Waals surface area contributed by atoms with Crippen LogP contribution >= 0.6 is 0 Å². The van der Waals surface area contributed by atoms with Crippen LogP contribution in [-0.4, -0.2) is 18.9 Å². The maximum atomic E-state index is 12.7. The Bertz CT molecular complexity index is 884. The van der Waals surface area contributed by atoms with Gasteiger partial charge < -0.3 is 10.1 Å². The van der Waals surface area contributed by atoms with Crippen molar-refractivity contribution < 1.29 is 27.5 Å². The number of anilines is 1. The summed E-state index contributed by atoms with van der Waals surface area (Å²) in [4.78, 5) is 24.6. The molecule has 0 heterocycles. The molecule has 0 unspecified atom stereocenters. The Morgan fingerprint density at radius 3 is 2.15 bits per heavy atom. The lowest BCUT2D eigenvalue weighted by molar-refractivity contribution is -0.137. The second kappa shape index (κ2) is 8.07. The molecule has 0 spiro atoms. The molecular formula is C20H18F3NO3. The van der Waals surface area contributed by atoms with E-state index in [9.17, 15) is 22.8 Å². The average molecular weight is 377 g/mol. The minimum absolute atomic E-state index is 0.263. The van der Waals surface area contributed by atoms with Gasteiger partial charge in [0.15, 0.2) is 0 Å². The summed E-state index contributed by atoms with van der Waals surface area (Å²) in [6.07, 6.45) is -3.31. The molecule has 0 aliphatic carbocycles. The van der Waals surface area contributed by atoms with Crippen molar-refractivity contribution in [1.29, 1.82) is 0 Å². The van der Waals surface area contributed by atoms with E-state index in [0.717, 1.165) is 36.6 Å². The van der Waals surface area contributed by atoms with Crippen LogP contribution in [0.1, 0.15) is 27.0 Å². The SMILES string of the molecule is COC(=O)/C(=C\Nc1ccc(C(F)(F)F)cc1)C(=O)c1ccc(C)c(C)c1. The minimum atomic E-state index is -4.44. The highest BCUT2D eigenvalue weighted by Crippen LogP contribution is 2.29. The quantitative estimate of drug-likeness (QED) is 0.270. The highest BCUT2D eigenvalue weighted by atomic mass is 19.4. The van der Waals surface area contributed by atoms with Gasteiger partial charge in [0.1, 0.15) is 5.57 Å². The smallest absolute Gasteiger partial charge is 0.416 e. The number of benzene rings is 2. The zero-order chi connectivity index (χ0) is 20.2. The van der Waals surface area contributed by atoms with E-state index in [1.807, 2.05) is 13.8 Å². The number of esters is 1. The van der Waals surface area contributed by atoms with Crippen molar-refractivity contribution in [3.63, 3.8) is 0 Å². The summed E-state index contributed by atoms with van der Waals surface area (Å²) in [6, 6.07) is 9.23. The molecule has 7 heteroatoms. The first kappa shape index (κ1) is 20.2. The number of hydrogen-bond acceptors (Lipinski definition) is 4. The highest BCUT2D eigenvalue weighted by Gasteiger charge is 2.30. The Hall–Kier alpha value is -3.09. The molecule has 0 aliphatic rings. The molecule has 2 rings (SSSR count). The summed E-state index contributed by atoms with van der Waals surface area (Å²) in [7, 11) is 1.14. The number of halogens is 3. The molecule has 0 bridgehead atoms. The molecule has 142 valence electrons. The van der Waals surface area contributed by atoms with E-state index in [-0.39, 0.29) is 11.3 Å². The van der Waals surface area contributed by atoms with Gasteiger partial charge in [-0.25, -0.2) is 4.79 Å². The Labute approximate surface area is 154 Å². The van der Waals surface area contributed by atoms with Crippen molar-refractivity contribution in [1.82, 2.24) is 0 Å². The zero-order valence-corrected chi connectivity index (χ0v) is 15.0. The van der Waals surface area contributed by atoms with Crippen molar-refractivity contribution in [3.05, 3.63) is 76.5 Å². The van der Waals surface area contributed by atoms with Crippen molar-refractivity contribution in [2.75, 3.05) is 12.4 Å². The van der Waals surface area contributed by atoms with Crippen LogP contribution in [0.4, 0.5) is 18.9 Å². The Balaban J connectivity index is 2.29. The van der Waals surface area contributed by atoms with Crippen molar-refractivity contribution in [3.8, 4) is 0 Å². The van der Waals surface area contributed by atoms with Gasteiger partial charge in [-0.2, -0.15) is 13.2 Å². The number of ketones is 1. The second-order valence-corrected chi connectivity index (χ2v) is 5.90. The molecule has 4 nitrogen and oxygen atoms in total. The summed E-state index contributed by atoms with van der Waals surface area (Å²) in [5, 5.41) is 2.66. The lowest BCUT2D eigenvalue weighted by Crippen LogP contribution is -2.16. The number of nitrogens with one attached hydrogen (secondary N) is 1. The third kappa shape index (κ3) is 4.97. The lowest BCUT2D eigenvalue weighted by atomic mass is 9.99. The van der Waals surface area contributed by atoms with Gasteiger partial charge in [-0.15, -0.1) is 0 Å². The number of aryl methyl sites for hydroxylation is 2. The molecule has 0 aliphatic heterocycles. The number of ether oxygens (including phenoxy) is 1. The monoisotopic (exact) mass is 377 g/mol. The molecule has 0 fully saturated rings. The maximum absolute atomic E-state index is 12.7. The molecule has 0 amide bonds. The number of hydrogen-bond donors (Lipinski definition) is 1. The van der Waals surface area contributed by atoms with Crippen LogP contribution in [0.5, 0.6) is 0 Å². The fourth-order valence-corrected chi connectivity index (χ4v) is 2.28. The van der Waals surface area contributed by atoms with Crippen molar-refractivity contribution in [2.24, 2.45) is 0 Å². The summed E-state index contributed by atoms with van der Waals surface area (Å²) in [6.45, 7) is 3.74. The van der Waals surface area contributed by atoms with Crippen LogP contribution in [0.25, 0.3) is 0 Å². The summed E-state index contributed by atoms with van der Waals surface area (Å²) in [5.74, 6) is -1.40. The molecular weight excluding hydrogens is 359 g/mol. The normalized spacial score (nSPS) is 11.9. The van der Waals surface area contributed by atoms with Gasteiger partial charge in [0.05, 0.1) is 12.7 Å². The highest BCUT2D eigenvalue weighted by molar-refractivity contribution is 6.24. The number of alkyl halides is 3. The molecule has 1 N–H and O–H groups in total. The fourth-order valence-electron chi connectivity index (χ4n) is 2.28. The van der Waals surface area contributed by atoms with E-state index in [2.05, 4.69) is 10.1 Å². The Morgan fingerprint density at radius 1 is 1.00 bits per heavy atom. The molecule has 0 radical (unpaired) electrons. The van der Waals surface area contributed by atoms with Crippen LogP contribution in [0, 0.1) is 13.8 Å². The van der Waals surface area contributed by atoms with E-state index in [1.54, 1.807) is 18.2 Å². The van der Waals surface area contributed by atoms with Crippen LogP contribution in [0.15, 0.2) is 54.2 Å². The zero-order valence-electron chi connectivity index (χ0n) is 15.0. The predicted molar refractivity (Wildman–Crippen MR) is 95.4 cm³/mol. The Kier molecular flexibility index (Phi) is 6.05. The largest absolute Gasteiger partial charge is 0.465 e. The molecule has 0 aromatic heterocycles. The fraction of sp³-hybridized carbons (Fsp3) is 0.200. The third-order valence-electron chi connectivity index (χ3n) is 4.01. The van der Waals surface area contributed by atoms with Gasteiger partial charge in [-0.05, 0) is 55.3 Å². The van der Waals surface area contributed by atoms with E-state index in [1.165, 1.54) is 12.1 Å². The second-order valence-electron chi connectivity index (χ2n) is 5.90. The van der Waals surface area contributed by atoms with E-state index in [0.29, 0.717) is 5.56 Å². The molecule has 27 heavy (non-hydrogen) atoms. The van der Waals surface area contributed by atoms with Crippen LogP contribution in [0.2, 0.25) is 0 Å². The molecule has 0 atom stereocenters. The van der Waals surface area contributed by atoms with E-state index >= 15 is 0 Å². The van der Waals surface area contributed by atoms with Gasteiger partial charge in [0.25, 0.3) is 0 Å². The first-order valence-electron chi connectivity index (χ1n) is 7.97. The van der Waals surface area contributed by atoms with Gasteiger partial charge in [0, 0.05) is 17.5 Å². The number of Topliss-reactive ketones (excluding diaryl/α,β-unsaturated/α-hetero) is 1. The van der Waals surface area contributed by atoms with Crippen molar-refractivity contribution in [2.45, 2.75) is 20.0 Å². The number of rotatable bonds is 5. The number of methoxy groups -OCH3 is 1. The van der Waals surface area contributed by atoms with Crippen LogP contribution < -0.4 is 5.32 Å². The van der Waals surface area contributed by atoms with Gasteiger partial charge in [-0.3, -0.25) is 4.79 Å². The standard InChI is InChI=1S/C20H18F3NO3/c1-12-4-5-14(10-13(12)2)18(25)17(19(26)27-3)11-24-16-8-6-15(7-9-16)20(21,22)23/h4-11,24H,1-3H3/b17-11-. The Morgan fingerprint density at radius 2 is 1.63 bits per heavy atom. The molecule has 0 saturated heterocycles. The maximum Gasteiger partial charge on any atom is 0.416 e. The van der Waals surface area contributed by atoms with Gasteiger partial charge in [0.2, 0.25) is 5.78 Å². The first-order valence-corrected chi connectivity index (χ1v) is 7.97. The third-order valence-corrected chi connectivity index (χ3v) is 4.01. The molecule has 0 saturated carbocycles. The summed E-state index contributed by atoms with van der Waals surface area (Å²) < 4.78 is 42.4. The topological polar surface area (TPSA) is 55.4 Å². The predicted octanol–water partition coefficient (Wildman–Crippen LogP) is 4.67. The number of carbonyl (C=O) groups is 2. The molecule has 2 aromatic carbocycles. The number of carbonyl (C=O) groups excluding carboxylic acids is 2. The van der Waals surface area contributed by atoms with Crippen LogP contribution in [0.3, 0.4) is 0 Å². The molecule has 2 aromatic rings. The van der Waals surface area contributed by atoms with E-state index < -0.39 is 23.5 Å². The average Bonchev–Trinajstić information content (AvgIpc) is 2.63. The first-order chi connectivity index (χ1) is 12.6. The van der Waals surface area contributed by atoms with Crippen LogP contribution in [-0.2, 0) is 15.7 Å². The summed E-state index contributed by atoms with van der Waals surface area (Å²) in [5.41, 5.74) is 1.43. The van der Waals surface area contributed by atoms with E-state index in [4.69, 9.17) is 0 Å². The summed E-state index contributed by atoms with van der Waals surface area (Å²) >= 11 is 0. The minimum Gasteiger partial charge on any atom is -0.465 e. The van der Waals surface area contributed by atoms with Gasteiger partial charge in [-0.1, -0.05) is 12.1 Å². The van der Waals surface area contributed by atoms with Gasteiger partial charge >= 0.3 is 12.1 Å². The van der Waals surface area contributed by atoms with Crippen molar-refractivity contribution >= 4 is 17.4 Å².